The van der Waals surface area contributed by atoms with Crippen molar-refractivity contribution in [1.29, 1.82) is 0 Å². The van der Waals surface area contributed by atoms with Gasteiger partial charge in [0.1, 0.15) is 0 Å². The Labute approximate surface area is 106 Å². The third kappa shape index (κ3) is 2.22. The molecule has 2 aromatic carbocycles. The molecule has 0 amide bonds. The lowest BCUT2D eigenvalue weighted by molar-refractivity contribution is 0.0594. The van der Waals surface area contributed by atoms with E-state index < -0.39 is 10.6 Å². The number of ketones is 1. The van der Waals surface area contributed by atoms with E-state index in [0.29, 0.717) is 5.39 Å². The fraction of sp³-hybridized carbons (Fsp3) is 0.154. The lowest BCUT2D eigenvalue weighted by Gasteiger charge is -2.11. The predicted molar refractivity (Wildman–Crippen MR) is 66.9 cm³/mol. The van der Waals surface area contributed by atoms with Crippen LogP contribution in [0.15, 0.2) is 36.4 Å². The summed E-state index contributed by atoms with van der Waals surface area (Å²) in [6.45, 7) is 1.88. The maximum absolute atomic E-state index is 13.0. The van der Waals surface area contributed by atoms with Crippen molar-refractivity contribution in [2.45, 2.75) is 11.8 Å². The van der Waals surface area contributed by atoms with E-state index in [2.05, 4.69) is 15.9 Å². The van der Waals surface area contributed by atoms with Gasteiger partial charge in [0.25, 0.3) is 0 Å². The number of benzene rings is 2. The highest BCUT2D eigenvalue weighted by Gasteiger charge is 2.36. The number of carbonyl (C=O) groups excluding carboxylic acids is 1. The van der Waals surface area contributed by atoms with Crippen LogP contribution in [0.4, 0.5) is 8.78 Å². The first kappa shape index (κ1) is 12.2. The van der Waals surface area contributed by atoms with Crippen molar-refractivity contribution >= 4 is 32.5 Å². The monoisotopic (exact) mass is 298 g/mol. The van der Waals surface area contributed by atoms with E-state index in [9.17, 15) is 13.6 Å². The van der Waals surface area contributed by atoms with Gasteiger partial charge in [-0.05, 0) is 39.2 Å². The molecule has 88 valence electrons. The van der Waals surface area contributed by atoms with Crippen molar-refractivity contribution in [1.82, 2.24) is 0 Å². The molecular weight excluding hydrogens is 290 g/mol. The van der Waals surface area contributed by atoms with Crippen LogP contribution in [0.2, 0.25) is 0 Å². The standard InChI is InChI=1S/C13H9BrF2O/c1-8-6-7-11(12(17)13(14,15)16)10-5-3-2-4-9(8)10/h2-7H,1H3. The van der Waals surface area contributed by atoms with Gasteiger partial charge in [0.2, 0.25) is 5.78 Å². The summed E-state index contributed by atoms with van der Waals surface area (Å²) in [6, 6.07) is 10.1. The molecule has 0 radical (unpaired) electrons. The van der Waals surface area contributed by atoms with Crippen molar-refractivity contribution < 1.29 is 13.6 Å². The van der Waals surface area contributed by atoms with Gasteiger partial charge in [0, 0.05) is 5.56 Å². The summed E-state index contributed by atoms with van der Waals surface area (Å²) in [6.07, 6.45) is 0. The van der Waals surface area contributed by atoms with Crippen molar-refractivity contribution in [3.63, 3.8) is 0 Å². The van der Waals surface area contributed by atoms with Gasteiger partial charge in [-0.1, -0.05) is 36.4 Å². The van der Waals surface area contributed by atoms with Crippen molar-refractivity contribution in [3.8, 4) is 0 Å². The molecule has 0 aliphatic carbocycles. The molecule has 0 heterocycles. The van der Waals surface area contributed by atoms with Crippen molar-refractivity contribution in [2.75, 3.05) is 0 Å². The number of aryl methyl sites for hydroxylation is 1. The van der Waals surface area contributed by atoms with Crippen molar-refractivity contribution in [2.24, 2.45) is 0 Å². The van der Waals surface area contributed by atoms with E-state index in [1.165, 1.54) is 6.07 Å². The van der Waals surface area contributed by atoms with Crippen LogP contribution in [0.1, 0.15) is 15.9 Å². The minimum atomic E-state index is -3.52. The summed E-state index contributed by atoms with van der Waals surface area (Å²) in [4.78, 5) is 8.07. The smallest absolute Gasteiger partial charge is 0.286 e. The maximum Gasteiger partial charge on any atom is 0.363 e. The first-order valence-corrected chi connectivity index (χ1v) is 5.80. The van der Waals surface area contributed by atoms with Gasteiger partial charge in [-0.2, -0.15) is 8.78 Å². The number of rotatable bonds is 2. The SMILES string of the molecule is Cc1ccc(C(=O)C(F)(F)Br)c2ccccc12. The lowest BCUT2D eigenvalue weighted by Crippen LogP contribution is -2.21. The number of alkyl halides is 3. The Morgan fingerprint density at radius 1 is 1.12 bits per heavy atom. The summed E-state index contributed by atoms with van der Waals surface area (Å²) >= 11 is 2.10. The molecule has 1 nitrogen and oxygen atoms in total. The zero-order valence-corrected chi connectivity index (χ0v) is 10.6. The average Bonchev–Trinajstić information content (AvgIpc) is 2.28. The quantitative estimate of drug-likeness (QED) is 0.596. The predicted octanol–water partition coefficient (Wildman–Crippen LogP) is 4.32. The molecule has 0 aliphatic rings. The fourth-order valence-corrected chi connectivity index (χ4v) is 2.01. The minimum Gasteiger partial charge on any atom is -0.286 e. The van der Waals surface area contributed by atoms with Crippen LogP contribution in [0.3, 0.4) is 0 Å². The Kier molecular flexibility index (Phi) is 3.00. The van der Waals surface area contributed by atoms with E-state index in [4.69, 9.17) is 0 Å². The van der Waals surface area contributed by atoms with Gasteiger partial charge in [-0.25, -0.2) is 0 Å². The molecule has 2 aromatic rings. The largest absolute Gasteiger partial charge is 0.363 e. The Hall–Kier alpha value is -1.29. The molecule has 0 bridgehead atoms. The molecule has 2 rings (SSSR count). The number of halogens is 3. The molecule has 0 atom stereocenters. The van der Waals surface area contributed by atoms with E-state index in [1.54, 1.807) is 18.2 Å². The van der Waals surface area contributed by atoms with Crippen LogP contribution < -0.4 is 0 Å². The molecule has 0 N–H and O–H groups in total. The molecule has 0 aromatic heterocycles. The zero-order valence-electron chi connectivity index (χ0n) is 9.01. The second-order valence-electron chi connectivity index (χ2n) is 3.80. The first-order chi connectivity index (χ1) is 7.91. The van der Waals surface area contributed by atoms with Crippen LogP contribution >= 0.6 is 15.9 Å². The zero-order chi connectivity index (χ0) is 12.6. The Morgan fingerprint density at radius 2 is 1.71 bits per heavy atom. The molecule has 0 saturated carbocycles. The average molecular weight is 299 g/mol. The summed E-state index contributed by atoms with van der Waals surface area (Å²) in [5, 5.41) is 1.37. The van der Waals surface area contributed by atoms with E-state index >= 15 is 0 Å². The van der Waals surface area contributed by atoms with Crippen LogP contribution in [0.25, 0.3) is 10.8 Å². The highest BCUT2D eigenvalue weighted by molar-refractivity contribution is 9.10. The third-order valence-corrected chi connectivity index (χ3v) is 3.00. The first-order valence-electron chi connectivity index (χ1n) is 5.01. The number of Topliss-reactive ketones (excluding diaryl/α,β-unsaturated/α-hetero) is 1. The second-order valence-corrected chi connectivity index (χ2v) is 4.80. The van der Waals surface area contributed by atoms with Crippen LogP contribution in [0, 0.1) is 6.92 Å². The summed E-state index contributed by atoms with van der Waals surface area (Å²) in [5.41, 5.74) is 0.989. The molecule has 0 spiro atoms. The Bertz CT molecular complexity index is 587. The van der Waals surface area contributed by atoms with Gasteiger partial charge < -0.3 is 0 Å². The third-order valence-electron chi connectivity index (χ3n) is 2.64. The molecule has 0 saturated heterocycles. The van der Waals surface area contributed by atoms with E-state index in [1.807, 2.05) is 19.1 Å². The summed E-state index contributed by atoms with van der Waals surface area (Å²) in [7, 11) is 0. The number of hydrogen-bond donors (Lipinski definition) is 0. The van der Waals surface area contributed by atoms with Crippen LogP contribution in [-0.4, -0.2) is 10.6 Å². The van der Waals surface area contributed by atoms with Gasteiger partial charge in [-0.3, -0.25) is 4.79 Å². The molecular formula is C13H9BrF2O. The van der Waals surface area contributed by atoms with Crippen LogP contribution in [0.5, 0.6) is 0 Å². The minimum absolute atomic E-state index is 0.0353. The second kappa shape index (κ2) is 4.18. The highest BCUT2D eigenvalue weighted by atomic mass is 79.9. The van der Waals surface area contributed by atoms with Gasteiger partial charge in [0.15, 0.2) is 0 Å². The van der Waals surface area contributed by atoms with E-state index in [-0.39, 0.29) is 5.56 Å². The summed E-state index contributed by atoms with van der Waals surface area (Å²) < 4.78 is 26.0. The van der Waals surface area contributed by atoms with Crippen molar-refractivity contribution in [3.05, 3.63) is 47.5 Å². The topological polar surface area (TPSA) is 17.1 Å². The molecule has 0 aliphatic heterocycles. The maximum atomic E-state index is 13.0. The van der Waals surface area contributed by atoms with Gasteiger partial charge in [-0.15, -0.1) is 0 Å². The Balaban J connectivity index is 2.72. The van der Waals surface area contributed by atoms with Crippen LogP contribution in [-0.2, 0) is 0 Å². The van der Waals surface area contributed by atoms with Gasteiger partial charge in [0.05, 0.1) is 0 Å². The van der Waals surface area contributed by atoms with Gasteiger partial charge >= 0.3 is 4.83 Å². The highest BCUT2D eigenvalue weighted by Crippen LogP contribution is 2.31. The molecule has 4 heteroatoms. The fourth-order valence-electron chi connectivity index (χ4n) is 1.80. The number of hydrogen-bond acceptors (Lipinski definition) is 1. The number of fused-ring (bicyclic) bond motifs is 1. The van der Waals surface area contributed by atoms with E-state index in [0.717, 1.165) is 10.9 Å². The Morgan fingerprint density at radius 3 is 2.29 bits per heavy atom. The lowest BCUT2D eigenvalue weighted by atomic mass is 9.98. The number of carbonyl (C=O) groups is 1. The molecule has 0 fully saturated rings. The summed E-state index contributed by atoms with van der Waals surface area (Å²) in [5.74, 6) is -1.21. The molecule has 17 heavy (non-hydrogen) atoms. The normalized spacial score (nSPS) is 11.8. The molecule has 0 unspecified atom stereocenters.